The Balaban J connectivity index is 1.49. The number of benzene rings is 2. The number of H-pyrrole nitrogens is 1. The molecule has 1 N–H and O–H groups in total. The molecular formula is C30H36F3N3O2. The van der Waals surface area contributed by atoms with Crippen molar-refractivity contribution in [3.05, 3.63) is 65.2 Å². The third-order valence-corrected chi connectivity index (χ3v) is 7.40. The van der Waals surface area contributed by atoms with Crippen LogP contribution >= 0.6 is 0 Å². The van der Waals surface area contributed by atoms with Gasteiger partial charge in [0.05, 0.1) is 23.4 Å². The molecule has 5 rings (SSSR count). The number of esters is 1. The number of aromatic amines is 1. The van der Waals surface area contributed by atoms with E-state index in [0.29, 0.717) is 23.9 Å². The van der Waals surface area contributed by atoms with E-state index in [4.69, 9.17) is 13.0 Å². The Labute approximate surface area is 230 Å². The van der Waals surface area contributed by atoms with Crippen LogP contribution in [-0.4, -0.2) is 46.5 Å². The van der Waals surface area contributed by atoms with Crippen molar-refractivity contribution in [2.75, 3.05) is 20.1 Å². The van der Waals surface area contributed by atoms with Gasteiger partial charge in [-0.3, -0.25) is 4.79 Å². The van der Waals surface area contributed by atoms with Gasteiger partial charge in [0, 0.05) is 39.0 Å². The Morgan fingerprint density at radius 1 is 1.26 bits per heavy atom. The molecule has 0 saturated heterocycles. The summed E-state index contributed by atoms with van der Waals surface area (Å²) in [6, 6.07) is 9.80. The van der Waals surface area contributed by atoms with Gasteiger partial charge in [0.25, 0.3) is 5.92 Å². The van der Waals surface area contributed by atoms with Gasteiger partial charge in [-0.2, -0.15) is 0 Å². The van der Waals surface area contributed by atoms with Crippen molar-refractivity contribution in [2.24, 2.45) is 11.8 Å². The van der Waals surface area contributed by atoms with E-state index in [2.05, 4.69) is 9.97 Å². The normalized spacial score (nSPS) is 26.2. The monoisotopic (exact) mass is 533 g/mol. The SMILES string of the molecule is [2H]C([2H])(c1nc2ccccc2[nH]1)C([2H])([2H])C([2H])([2H])N(C)CC[C@@]1(OC(=O)C2CC2)CC(F)(F)c2cc(F)ccc2[C@@H]1C(C)C. The highest BCUT2D eigenvalue weighted by Crippen LogP contribution is 2.56. The fourth-order valence-electron chi connectivity index (χ4n) is 5.55. The van der Waals surface area contributed by atoms with Crippen molar-refractivity contribution >= 4 is 17.0 Å². The second-order valence-corrected chi connectivity index (χ2v) is 10.7. The smallest absolute Gasteiger partial charge is 0.309 e. The Bertz CT molecular complexity index is 1530. The first-order chi connectivity index (χ1) is 20.3. The van der Waals surface area contributed by atoms with Gasteiger partial charge in [-0.1, -0.05) is 32.0 Å². The number of para-hydroxylation sites is 2. The van der Waals surface area contributed by atoms with Crippen LogP contribution in [0.1, 0.15) is 77.0 Å². The molecule has 3 aromatic rings. The predicted molar refractivity (Wildman–Crippen MR) is 141 cm³/mol. The quantitative estimate of drug-likeness (QED) is 0.299. The van der Waals surface area contributed by atoms with Crippen LogP contribution in [0.2, 0.25) is 0 Å². The molecule has 8 heteroatoms. The minimum absolute atomic E-state index is 0.142. The fourth-order valence-corrected chi connectivity index (χ4v) is 5.55. The molecule has 1 aromatic heterocycles. The molecule has 204 valence electrons. The van der Waals surface area contributed by atoms with Gasteiger partial charge in [0.15, 0.2) is 0 Å². The molecule has 2 atom stereocenters. The van der Waals surface area contributed by atoms with E-state index in [9.17, 15) is 9.18 Å². The van der Waals surface area contributed by atoms with Gasteiger partial charge >= 0.3 is 5.97 Å². The molecule has 2 aliphatic carbocycles. The van der Waals surface area contributed by atoms with E-state index < -0.39 is 72.2 Å². The van der Waals surface area contributed by atoms with Crippen LogP contribution in [0, 0.1) is 17.7 Å². The number of nitrogens with zero attached hydrogens (tertiary/aromatic N) is 2. The zero-order chi connectivity index (χ0) is 32.5. The van der Waals surface area contributed by atoms with Crippen molar-refractivity contribution < 1.29 is 30.9 Å². The van der Waals surface area contributed by atoms with Gasteiger partial charge in [-0.15, -0.1) is 0 Å². The first-order valence-corrected chi connectivity index (χ1v) is 12.9. The van der Waals surface area contributed by atoms with Crippen LogP contribution in [0.25, 0.3) is 11.0 Å². The van der Waals surface area contributed by atoms with Gasteiger partial charge in [-0.25, -0.2) is 18.2 Å². The molecule has 1 saturated carbocycles. The lowest BCUT2D eigenvalue weighted by Crippen LogP contribution is -2.52. The number of ether oxygens (including phenoxy) is 1. The van der Waals surface area contributed by atoms with Gasteiger partial charge in [0.2, 0.25) is 0 Å². The number of hydrogen-bond acceptors (Lipinski definition) is 4. The van der Waals surface area contributed by atoms with Crippen molar-refractivity contribution in [3.8, 4) is 0 Å². The molecule has 2 aliphatic rings. The molecule has 0 bridgehead atoms. The molecule has 0 radical (unpaired) electrons. The molecule has 0 amide bonds. The lowest BCUT2D eigenvalue weighted by molar-refractivity contribution is -0.186. The maximum atomic E-state index is 15.8. The number of imidazole rings is 1. The highest BCUT2D eigenvalue weighted by molar-refractivity contribution is 5.76. The number of alkyl halides is 2. The molecular weight excluding hydrogens is 491 g/mol. The van der Waals surface area contributed by atoms with E-state index in [1.807, 2.05) is 0 Å². The number of aryl methyl sites for hydroxylation is 1. The Hall–Kier alpha value is -2.87. The van der Waals surface area contributed by atoms with Crippen LogP contribution < -0.4 is 0 Å². The summed E-state index contributed by atoms with van der Waals surface area (Å²) >= 11 is 0. The standard InChI is InChI=1S/C30H36F3N3O2/c1-19(2)27-22-13-12-21(31)17-23(22)30(32,33)18-29(27,38-28(37)20-10-11-20)14-16-36(3)15-6-9-26-34-24-7-4-5-8-25(24)35-26/h4-5,7-8,12-13,17,19-20,27H,6,9-11,14-16,18H2,1-3H3,(H,34,35)/t27-,29+/m0/s1/i6D2,9D2,15D2. The summed E-state index contributed by atoms with van der Waals surface area (Å²) in [5.41, 5.74) is -1.32. The van der Waals surface area contributed by atoms with Crippen LogP contribution in [0.4, 0.5) is 13.2 Å². The second-order valence-electron chi connectivity index (χ2n) is 10.7. The first kappa shape index (κ1) is 20.1. The largest absolute Gasteiger partial charge is 0.458 e. The first-order valence-electron chi connectivity index (χ1n) is 15.9. The van der Waals surface area contributed by atoms with Crippen LogP contribution in [0.15, 0.2) is 42.5 Å². The summed E-state index contributed by atoms with van der Waals surface area (Å²) in [5, 5.41) is 0. The zero-order valence-corrected chi connectivity index (χ0v) is 21.7. The Morgan fingerprint density at radius 3 is 2.74 bits per heavy atom. The molecule has 5 nitrogen and oxygen atoms in total. The number of fused-ring (bicyclic) bond motifs is 2. The number of hydrogen-bond donors (Lipinski definition) is 1. The molecule has 0 unspecified atom stereocenters. The summed E-state index contributed by atoms with van der Waals surface area (Å²) in [7, 11) is 1.23. The molecule has 38 heavy (non-hydrogen) atoms. The maximum Gasteiger partial charge on any atom is 0.309 e. The number of nitrogens with one attached hydrogen (secondary N) is 1. The highest BCUT2D eigenvalue weighted by Gasteiger charge is 2.58. The third-order valence-electron chi connectivity index (χ3n) is 7.40. The van der Waals surface area contributed by atoms with E-state index >= 15 is 8.78 Å². The zero-order valence-electron chi connectivity index (χ0n) is 27.7. The van der Waals surface area contributed by atoms with Crippen LogP contribution in [-0.2, 0) is 21.8 Å². The summed E-state index contributed by atoms with van der Waals surface area (Å²) in [4.78, 5) is 20.9. The van der Waals surface area contributed by atoms with Gasteiger partial charge in [-0.05, 0) is 68.5 Å². The van der Waals surface area contributed by atoms with Gasteiger partial charge in [0.1, 0.15) is 17.2 Å². The fraction of sp³-hybridized carbons (Fsp3) is 0.533. The lowest BCUT2D eigenvalue weighted by Gasteiger charge is -2.49. The van der Waals surface area contributed by atoms with Crippen LogP contribution in [0.3, 0.4) is 0 Å². The Kier molecular flexibility index (Phi) is 5.48. The number of carbonyl (C=O) groups excluding carboxylic acids is 1. The van der Waals surface area contributed by atoms with Crippen molar-refractivity contribution in [3.63, 3.8) is 0 Å². The number of halogens is 3. The van der Waals surface area contributed by atoms with Crippen molar-refractivity contribution in [1.82, 2.24) is 14.9 Å². The van der Waals surface area contributed by atoms with Crippen LogP contribution in [0.5, 0.6) is 0 Å². The minimum Gasteiger partial charge on any atom is -0.458 e. The molecule has 1 fully saturated rings. The average molecular weight is 534 g/mol. The second kappa shape index (κ2) is 10.4. The molecule has 0 aliphatic heterocycles. The molecule has 2 aromatic carbocycles. The van der Waals surface area contributed by atoms with Crippen molar-refractivity contribution in [2.45, 2.75) is 69.7 Å². The van der Waals surface area contributed by atoms with E-state index in [1.54, 1.807) is 38.1 Å². The summed E-state index contributed by atoms with van der Waals surface area (Å²) in [5.74, 6) is -6.97. The van der Waals surface area contributed by atoms with Gasteiger partial charge < -0.3 is 14.6 Å². The minimum atomic E-state index is -3.57. The highest BCUT2D eigenvalue weighted by atomic mass is 19.3. The number of carbonyl (C=O) groups is 1. The van der Waals surface area contributed by atoms with Crippen molar-refractivity contribution in [1.29, 1.82) is 0 Å². The Morgan fingerprint density at radius 2 is 2.03 bits per heavy atom. The molecule has 0 spiro atoms. The summed E-state index contributed by atoms with van der Waals surface area (Å²) in [6.45, 7) is 0.216. The lowest BCUT2D eigenvalue weighted by atomic mass is 9.64. The van der Waals surface area contributed by atoms with E-state index in [1.165, 1.54) is 13.1 Å². The summed E-state index contributed by atoms with van der Waals surface area (Å²) in [6.07, 6.45) is -6.26. The third kappa shape index (κ3) is 5.46. The molecule has 1 heterocycles. The predicted octanol–water partition coefficient (Wildman–Crippen LogP) is 6.58. The maximum absolute atomic E-state index is 15.8. The number of aromatic nitrogens is 2. The summed E-state index contributed by atoms with van der Waals surface area (Å²) < 4.78 is 104. The van der Waals surface area contributed by atoms with E-state index in [-0.39, 0.29) is 24.4 Å². The number of rotatable bonds is 10. The average Bonchev–Trinajstić information content (AvgIpc) is 3.69. The topological polar surface area (TPSA) is 58.2 Å². The van der Waals surface area contributed by atoms with E-state index in [0.717, 1.165) is 17.0 Å².